The van der Waals surface area contributed by atoms with Crippen LogP contribution in [0.25, 0.3) is 0 Å². The molecule has 0 aliphatic heterocycles. The van der Waals surface area contributed by atoms with Crippen molar-refractivity contribution in [2.24, 2.45) is 0 Å². The van der Waals surface area contributed by atoms with Crippen molar-refractivity contribution in [1.82, 2.24) is 5.32 Å². The Morgan fingerprint density at radius 2 is 2.24 bits per heavy atom. The van der Waals surface area contributed by atoms with E-state index in [4.69, 9.17) is 9.84 Å². The van der Waals surface area contributed by atoms with E-state index in [-0.39, 0.29) is 12.5 Å². The van der Waals surface area contributed by atoms with Crippen molar-refractivity contribution in [3.8, 4) is 5.75 Å². The molecule has 1 aromatic carbocycles. The molecule has 2 atom stereocenters. The van der Waals surface area contributed by atoms with Gasteiger partial charge in [-0.3, -0.25) is 4.79 Å². The van der Waals surface area contributed by atoms with E-state index >= 15 is 0 Å². The Kier molecular flexibility index (Phi) is 6.91. The molecule has 5 heteroatoms. The van der Waals surface area contributed by atoms with Crippen molar-refractivity contribution in [2.75, 3.05) is 13.7 Å². The smallest absolute Gasteiger partial charge is 0.303 e. The molecule has 0 aliphatic carbocycles. The Hall–Kier alpha value is -1.85. The fourth-order valence-electron chi connectivity index (χ4n) is 2.19. The van der Waals surface area contributed by atoms with E-state index < -0.39 is 12.1 Å². The minimum absolute atomic E-state index is 0.0139. The number of hydrogen-bond acceptors (Lipinski definition) is 4. The molecule has 2 unspecified atom stereocenters. The summed E-state index contributed by atoms with van der Waals surface area (Å²) < 4.78 is 5.28. The van der Waals surface area contributed by atoms with Crippen LogP contribution in [-0.4, -0.2) is 35.9 Å². The Labute approximate surface area is 125 Å². The predicted molar refractivity (Wildman–Crippen MR) is 81.5 cm³/mol. The third-order valence-corrected chi connectivity index (χ3v) is 3.28. The number of carbonyl (C=O) groups is 1. The Balaban J connectivity index is 2.96. The van der Waals surface area contributed by atoms with Crippen molar-refractivity contribution in [3.63, 3.8) is 0 Å². The van der Waals surface area contributed by atoms with Crippen molar-refractivity contribution in [1.29, 1.82) is 0 Å². The largest absolute Gasteiger partial charge is 0.496 e. The molecule has 1 aromatic rings. The summed E-state index contributed by atoms with van der Waals surface area (Å²) in [7, 11) is 1.55. The topological polar surface area (TPSA) is 78.8 Å². The first-order valence-corrected chi connectivity index (χ1v) is 6.88. The molecule has 3 N–H and O–H groups in total. The van der Waals surface area contributed by atoms with Gasteiger partial charge in [-0.05, 0) is 25.5 Å². The third kappa shape index (κ3) is 5.21. The van der Waals surface area contributed by atoms with E-state index in [2.05, 4.69) is 11.9 Å². The summed E-state index contributed by atoms with van der Waals surface area (Å²) in [4.78, 5) is 10.8. The zero-order chi connectivity index (χ0) is 15.8. The molecule has 1 rings (SSSR count). The van der Waals surface area contributed by atoms with Crippen LogP contribution in [0.5, 0.6) is 5.75 Å². The first kappa shape index (κ1) is 17.2. The van der Waals surface area contributed by atoms with Gasteiger partial charge in [-0.15, -0.1) is 6.58 Å². The molecule has 0 aromatic heterocycles. The monoisotopic (exact) mass is 293 g/mol. The van der Waals surface area contributed by atoms with Crippen LogP contribution in [0.1, 0.15) is 30.1 Å². The number of rotatable bonds is 9. The first-order chi connectivity index (χ1) is 9.99. The molecule has 0 saturated carbocycles. The van der Waals surface area contributed by atoms with Gasteiger partial charge in [0.05, 0.1) is 13.2 Å². The number of methoxy groups -OCH3 is 1. The van der Waals surface area contributed by atoms with Gasteiger partial charge in [0.15, 0.2) is 0 Å². The fourth-order valence-corrected chi connectivity index (χ4v) is 2.19. The molecular formula is C16H23NO4. The molecular weight excluding hydrogens is 270 g/mol. The summed E-state index contributed by atoms with van der Waals surface area (Å²) in [5.74, 6) is -0.294. The minimum Gasteiger partial charge on any atom is -0.496 e. The van der Waals surface area contributed by atoms with Crippen LogP contribution in [0.4, 0.5) is 0 Å². The van der Waals surface area contributed by atoms with E-state index in [0.29, 0.717) is 24.3 Å². The summed E-state index contributed by atoms with van der Waals surface area (Å²) in [6.45, 7) is 6.05. The number of aliphatic carboxylic acids is 1. The summed E-state index contributed by atoms with van der Waals surface area (Å²) in [5, 5.41) is 22.5. The number of benzene rings is 1. The maximum atomic E-state index is 10.8. The highest BCUT2D eigenvalue weighted by atomic mass is 16.5. The highest BCUT2D eigenvalue weighted by Crippen LogP contribution is 2.29. The number of aliphatic hydroxyl groups excluding tert-OH is 1. The molecule has 21 heavy (non-hydrogen) atoms. The van der Waals surface area contributed by atoms with Gasteiger partial charge in [-0.2, -0.15) is 0 Å². The van der Waals surface area contributed by atoms with E-state index in [1.165, 1.54) is 0 Å². The molecule has 0 aliphatic rings. The quantitative estimate of drug-likeness (QED) is 0.607. The molecule has 0 amide bonds. The molecule has 116 valence electrons. The van der Waals surface area contributed by atoms with Gasteiger partial charge in [0.25, 0.3) is 0 Å². The van der Waals surface area contributed by atoms with Gasteiger partial charge in [0, 0.05) is 24.6 Å². The van der Waals surface area contributed by atoms with Crippen LogP contribution in [-0.2, 0) is 4.79 Å². The number of carboxylic acid groups (broad SMARTS) is 1. The molecule has 0 heterocycles. The second-order valence-electron chi connectivity index (χ2n) is 4.93. The van der Waals surface area contributed by atoms with Crippen LogP contribution in [0.15, 0.2) is 30.9 Å². The number of aryl methyl sites for hydroxylation is 1. The normalized spacial score (nSPS) is 13.5. The molecule has 5 nitrogen and oxygen atoms in total. The van der Waals surface area contributed by atoms with Crippen LogP contribution < -0.4 is 10.1 Å². The maximum Gasteiger partial charge on any atom is 0.303 e. The fraction of sp³-hybridized carbons (Fsp3) is 0.438. The first-order valence-electron chi connectivity index (χ1n) is 6.88. The molecule has 0 spiro atoms. The van der Waals surface area contributed by atoms with Gasteiger partial charge < -0.3 is 20.3 Å². The summed E-state index contributed by atoms with van der Waals surface area (Å²) in [6, 6.07) is 5.18. The zero-order valence-corrected chi connectivity index (χ0v) is 12.5. The standard InChI is InChI=1S/C16H23NO4/c1-4-9-17-13(6-8-15(18)19)16(20)12-10-11(2)5-7-14(12)21-3/h4-5,7,10,13,16-17,20H,1,6,8-9H2,2-3H3,(H,18,19). The number of nitrogens with one attached hydrogen (secondary N) is 1. The highest BCUT2D eigenvalue weighted by molar-refractivity contribution is 5.66. The van der Waals surface area contributed by atoms with Crippen LogP contribution in [0.2, 0.25) is 0 Å². The Morgan fingerprint density at radius 1 is 1.52 bits per heavy atom. The van der Waals surface area contributed by atoms with Gasteiger partial charge >= 0.3 is 5.97 Å². The Bertz CT molecular complexity index is 487. The van der Waals surface area contributed by atoms with Crippen molar-refractivity contribution in [3.05, 3.63) is 42.0 Å². The number of carboxylic acids is 1. The van der Waals surface area contributed by atoms with Crippen molar-refractivity contribution in [2.45, 2.75) is 31.9 Å². The average molecular weight is 293 g/mol. The number of hydrogen-bond donors (Lipinski definition) is 3. The lowest BCUT2D eigenvalue weighted by Gasteiger charge is -2.25. The second kappa shape index (κ2) is 8.44. The van der Waals surface area contributed by atoms with Crippen LogP contribution >= 0.6 is 0 Å². The summed E-state index contributed by atoms with van der Waals surface area (Å²) in [6.07, 6.45) is 1.13. The number of ether oxygens (including phenoxy) is 1. The van der Waals surface area contributed by atoms with Gasteiger partial charge in [0.2, 0.25) is 0 Å². The van der Waals surface area contributed by atoms with Gasteiger partial charge in [-0.25, -0.2) is 0 Å². The summed E-state index contributed by atoms with van der Waals surface area (Å²) >= 11 is 0. The van der Waals surface area contributed by atoms with Crippen molar-refractivity contribution >= 4 is 5.97 Å². The second-order valence-corrected chi connectivity index (χ2v) is 4.93. The zero-order valence-electron chi connectivity index (χ0n) is 12.5. The lowest BCUT2D eigenvalue weighted by molar-refractivity contribution is -0.137. The summed E-state index contributed by atoms with van der Waals surface area (Å²) in [5.41, 5.74) is 1.66. The van der Waals surface area contributed by atoms with Crippen LogP contribution in [0.3, 0.4) is 0 Å². The van der Waals surface area contributed by atoms with E-state index in [0.717, 1.165) is 5.56 Å². The molecule has 0 saturated heterocycles. The van der Waals surface area contributed by atoms with E-state index in [9.17, 15) is 9.90 Å². The lowest BCUT2D eigenvalue weighted by atomic mass is 9.96. The van der Waals surface area contributed by atoms with E-state index in [1.807, 2.05) is 19.1 Å². The molecule has 0 radical (unpaired) electrons. The average Bonchev–Trinajstić information content (AvgIpc) is 2.46. The lowest BCUT2D eigenvalue weighted by Crippen LogP contribution is -2.35. The number of aliphatic hydroxyl groups is 1. The third-order valence-electron chi connectivity index (χ3n) is 3.28. The molecule has 0 bridgehead atoms. The molecule has 0 fully saturated rings. The van der Waals surface area contributed by atoms with Crippen molar-refractivity contribution < 1.29 is 19.7 Å². The Morgan fingerprint density at radius 3 is 2.81 bits per heavy atom. The SMILES string of the molecule is C=CCNC(CCC(=O)O)C(O)c1cc(C)ccc1OC. The van der Waals surface area contributed by atoms with Gasteiger partial charge in [-0.1, -0.05) is 17.7 Å². The van der Waals surface area contributed by atoms with Gasteiger partial charge in [0.1, 0.15) is 5.75 Å². The highest BCUT2D eigenvalue weighted by Gasteiger charge is 2.24. The van der Waals surface area contributed by atoms with Crippen LogP contribution in [0, 0.1) is 6.92 Å². The predicted octanol–water partition coefficient (Wildman–Crippen LogP) is 2.05. The van der Waals surface area contributed by atoms with E-state index in [1.54, 1.807) is 19.3 Å². The minimum atomic E-state index is -0.885. The maximum absolute atomic E-state index is 10.8.